The number of primary amides is 1. The van der Waals surface area contributed by atoms with Gasteiger partial charge in [-0.2, -0.15) is 0 Å². The van der Waals surface area contributed by atoms with Crippen LogP contribution in [0.3, 0.4) is 0 Å². The van der Waals surface area contributed by atoms with Crippen LogP contribution >= 0.6 is 0 Å². The molecule has 5 nitrogen and oxygen atoms in total. The number of anilines is 1. The number of hydrazine groups is 1. The topological polar surface area (TPSA) is 94.0 Å². The van der Waals surface area contributed by atoms with Crippen molar-refractivity contribution in [2.24, 2.45) is 11.6 Å². The molecule has 0 unspecified atom stereocenters. The Balaban J connectivity index is 3.23. The quantitative estimate of drug-likeness (QED) is 0.416. The van der Waals surface area contributed by atoms with Crippen molar-refractivity contribution in [1.29, 1.82) is 0 Å². The van der Waals surface area contributed by atoms with E-state index in [4.69, 9.17) is 11.6 Å². The number of halogens is 1. The van der Waals surface area contributed by atoms with Crippen LogP contribution in [0, 0.1) is 5.82 Å². The van der Waals surface area contributed by atoms with E-state index in [2.05, 4.69) is 4.98 Å². The molecule has 1 heterocycles. The Kier molecular flexibility index (Phi) is 2.20. The highest BCUT2D eigenvalue weighted by molar-refractivity contribution is 5.93. The van der Waals surface area contributed by atoms with Gasteiger partial charge < -0.3 is 11.2 Å². The van der Waals surface area contributed by atoms with Crippen molar-refractivity contribution < 1.29 is 9.18 Å². The Morgan fingerprint density at radius 3 is 2.83 bits per heavy atom. The maximum atomic E-state index is 13.0. The number of aromatic nitrogens is 1. The minimum Gasteiger partial charge on any atom is -0.366 e. The van der Waals surface area contributed by atoms with Crippen LogP contribution in [-0.2, 0) is 0 Å². The van der Waals surface area contributed by atoms with Crippen LogP contribution in [0.4, 0.5) is 10.2 Å². The van der Waals surface area contributed by atoms with Gasteiger partial charge in [-0.15, -0.1) is 0 Å². The first-order chi connectivity index (χ1) is 5.66. The van der Waals surface area contributed by atoms with Gasteiger partial charge in [-0.3, -0.25) is 4.79 Å². The lowest BCUT2D eigenvalue weighted by Crippen LogP contribution is -2.17. The zero-order valence-corrected chi connectivity index (χ0v) is 6.04. The van der Waals surface area contributed by atoms with Crippen LogP contribution in [0.25, 0.3) is 0 Å². The average molecular weight is 170 g/mol. The Labute approximate surface area is 67.5 Å². The standard InChI is InChI=1S/C6H7FN4O/c7-4-3(5(8)12)1-2-10-6(4)11-9/h1-2H,9H2,(H2,8,12)(H,10,11). The molecule has 1 amide bonds. The number of nitrogens with zero attached hydrogens (tertiary/aromatic N) is 1. The Bertz CT molecular complexity index is 314. The van der Waals surface area contributed by atoms with Crippen LogP contribution in [0.1, 0.15) is 10.4 Å². The number of carbonyl (C=O) groups excluding carboxylic acids is 1. The number of pyridine rings is 1. The smallest absolute Gasteiger partial charge is 0.251 e. The number of carbonyl (C=O) groups is 1. The predicted octanol–water partition coefficient (Wildman–Crippen LogP) is -0.395. The summed E-state index contributed by atoms with van der Waals surface area (Å²) < 4.78 is 13.0. The van der Waals surface area contributed by atoms with Crippen molar-refractivity contribution in [3.8, 4) is 0 Å². The lowest BCUT2D eigenvalue weighted by atomic mass is 10.2. The second kappa shape index (κ2) is 3.14. The van der Waals surface area contributed by atoms with Crippen molar-refractivity contribution in [2.75, 3.05) is 5.43 Å². The van der Waals surface area contributed by atoms with E-state index in [1.807, 2.05) is 5.43 Å². The zero-order valence-electron chi connectivity index (χ0n) is 6.04. The van der Waals surface area contributed by atoms with E-state index in [1.54, 1.807) is 0 Å². The van der Waals surface area contributed by atoms with Crippen LogP contribution in [0.5, 0.6) is 0 Å². The molecule has 0 aromatic carbocycles. The highest BCUT2D eigenvalue weighted by Crippen LogP contribution is 2.12. The molecule has 0 fully saturated rings. The van der Waals surface area contributed by atoms with E-state index in [1.165, 1.54) is 12.3 Å². The number of nitrogen functional groups attached to an aromatic ring is 1. The molecule has 0 saturated carbocycles. The summed E-state index contributed by atoms with van der Waals surface area (Å²) in [7, 11) is 0. The molecule has 0 radical (unpaired) electrons. The number of nitrogens with two attached hydrogens (primary N) is 2. The maximum absolute atomic E-state index is 13.0. The van der Waals surface area contributed by atoms with E-state index >= 15 is 0 Å². The molecule has 0 aliphatic rings. The van der Waals surface area contributed by atoms with Crippen LogP contribution < -0.4 is 17.0 Å². The fourth-order valence-corrected chi connectivity index (χ4v) is 0.735. The largest absolute Gasteiger partial charge is 0.366 e. The van der Waals surface area contributed by atoms with Crippen molar-refractivity contribution in [3.63, 3.8) is 0 Å². The molecular weight excluding hydrogens is 163 g/mol. The molecule has 0 aliphatic heterocycles. The van der Waals surface area contributed by atoms with Gasteiger partial charge in [0, 0.05) is 6.20 Å². The predicted molar refractivity (Wildman–Crippen MR) is 40.5 cm³/mol. The van der Waals surface area contributed by atoms with Gasteiger partial charge in [-0.1, -0.05) is 0 Å². The summed E-state index contributed by atoms with van der Waals surface area (Å²) in [5, 5.41) is 0. The highest BCUT2D eigenvalue weighted by atomic mass is 19.1. The third-order valence-corrected chi connectivity index (χ3v) is 1.29. The van der Waals surface area contributed by atoms with Crippen molar-refractivity contribution in [1.82, 2.24) is 4.98 Å². The lowest BCUT2D eigenvalue weighted by molar-refractivity contribution is 0.0996. The fraction of sp³-hybridized carbons (Fsp3) is 0. The summed E-state index contributed by atoms with van der Waals surface area (Å²) in [5.74, 6) is 3.02. The van der Waals surface area contributed by atoms with Gasteiger partial charge in [0.05, 0.1) is 5.56 Å². The van der Waals surface area contributed by atoms with Gasteiger partial charge in [-0.25, -0.2) is 15.2 Å². The molecule has 0 atom stereocenters. The van der Waals surface area contributed by atoms with E-state index < -0.39 is 11.7 Å². The summed E-state index contributed by atoms with van der Waals surface area (Å²) in [5.41, 5.74) is 6.62. The van der Waals surface area contributed by atoms with Crippen molar-refractivity contribution in [2.45, 2.75) is 0 Å². The van der Waals surface area contributed by atoms with Crippen molar-refractivity contribution in [3.05, 3.63) is 23.6 Å². The Morgan fingerprint density at radius 1 is 1.67 bits per heavy atom. The van der Waals surface area contributed by atoms with Gasteiger partial charge >= 0.3 is 0 Å². The zero-order chi connectivity index (χ0) is 9.14. The Morgan fingerprint density at radius 2 is 2.33 bits per heavy atom. The van der Waals surface area contributed by atoms with Gasteiger partial charge in [0.25, 0.3) is 5.91 Å². The van der Waals surface area contributed by atoms with Crippen LogP contribution in [0.2, 0.25) is 0 Å². The third kappa shape index (κ3) is 1.32. The second-order valence-electron chi connectivity index (χ2n) is 2.03. The SMILES string of the molecule is NNc1nccc(C(N)=O)c1F. The van der Waals surface area contributed by atoms with E-state index in [9.17, 15) is 9.18 Å². The monoisotopic (exact) mass is 170 g/mol. The number of amides is 1. The van der Waals surface area contributed by atoms with Gasteiger partial charge in [-0.05, 0) is 6.07 Å². The molecule has 6 heteroatoms. The van der Waals surface area contributed by atoms with Gasteiger partial charge in [0.2, 0.25) is 0 Å². The molecule has 5 N–H and O–H groups in total. The number of nitrogens with one attached hydrogen (secondary N) is 1. The molecule has 0 spiro atoms. The summed E-state index contributed by atoms with van der Waals surface area (Å²) >= 11 is 0. The molecule has 0 aliphatic carbocycles. The van der Waals surface area contributed by atoms with Crippen molar-refractivity contribution >= 4 is 11.7 Å². The molecule has 1 rings (SSSR count). The normalized spacial score (nSPS) is 9.50. The second-order valence-corrected chi connectivity index (χ2v) is 2.03. The number of hydrogen-bond donors (Lipinski definition) is 3. The molecule has 64 valence electrons. The maximum Gasteiger partial charge on any atom is 0.251 e. The minimum absolute atomic E-state index is 0.202. The van der Waals surface area contributed by atoms with E-state index in [0.29, 0.717) is 0 Å². The average Bonchev–Trinajstić information content (AvgIpc) is 2.04. The molecule has 1 aromatic heterocycles. The lowest BCUT2D eigenvalue weighted by Gasteiger charge is -2.02. The third-order valence-electron chi connectivity index (χ3n) is 1.29. The number of rotatable bonds is 2. The molecule has 12 heavy (non-hydrogen) atoms. The first-order valence-electron chi connectivity index (χ1n) is 3.07. The number of hydrogen-bond acceptors (Lipinski definition) is 4. The molecule has 0 saturated heterocycles. The van der Waals surface area contributed by atoms with Crippen LogP contribution in [0.15, 0.2) is 12.3 Å². The van der Waals surface area contributed by atoms with Crippen LogP contribution in [-0.4, -0.2) is 10.9 Å². The first kappa shape index (κ1) is 8.41. The van der Waals surface area contributed by atoms with E-state index in [-0.39, 0.29) is 11.4 Å². The molecule has 0 bridgehead atoms. The summed E-state index contributed by atoms with van der Waals surface area (Å²) in [4.78, 5) is 14.1. The molecular formula is C6H7FN4O. The van der Waals surface area contributed by atoms with Gasteiger partial charge in [0.15, 0.2) is 11.6 Å². The Hall–Kier alpha value is -1.69. The van der Waals surface area contributed by atoms with Gasteiger partial charge in [0.1, 0.15) is 0 Å². The summed E-state index contributed by atoms with van der Waals surface area (Å²) in [6.07, 6.45) is 1.23. The molecule has 1 aromatic rings. The fourth-order valence-electron chi connectivity index (χ4n) is 0.735. The summed E-state index contributed by atoms with van der Waals surface area (Å²) in [6.45, 7) is 0. The van der Waals surface area contributed by atoms with E-state index in [0.717, 1.165) is 0 Å². The minimum atomic E-state index is -0.855. The highest BCUT2D eigenvalue weighted by Gasteiger charge is 2.11. The summed E-state index contributed by atoms with van der Waals surface area (Å²) in [6, 6.07) is 1.18. The first-order valence-corrected chi connectivity index (χ1v) is 3.07.